The van der Waals surface area contributed by atoms with Crippen molar-refractivity contribution in [3.05, 3.63) is 12.2 Å². The maximum absolute atomic E-state index is 11.7. The molecular weight excluding hydrogens is 288 g/mol. The Morgan fingerprint density at radius 2 is 1.65 bits per heavy atom. The zero-order valence-electron chi connectivity index (χ0n) is 15.0. The van der Waals surface area contributed by atoms with Gasteiger partial charge in [0.2, 0.25) is 6.29 Å². The number of esters is 1. The summed E-state index contributed by atoms with van der Waals surface area (Å²) in [7, 11) is 0. The molecule has 0 amide bonds. The van der Waals surface area contributed by atoms with Crippen LogP contribution < -0.4 is 0 Å². The Bertz CT molecular complexity index is 430. The van der Waals surface area contributed by atoms with Gasteiger partial charge >= 0.3 is 5.97 Å². The van der Waals surface area contributed by atoms with Gasteiger partial charge in [-0.3, -0.25) is 0 Å². The zero-order chi connectivity index (χ0) is 16.6. The van der Waals surface area contributed by atoms with Crippen LogP contribution in [0, 0.1) is 29.1 Å². The van der Waals surface area contributed by atoms with E-state index in [4.69, 9.17) is 9.47 Å². The molecule has 0 radical (unpaired) electrons. The highest BCUT2D eigenvalue weighted by molar-refractivity contribution is 5.87. The molecule has 130 valence electrons. The van der Waals surface area contributed by atoms with Gasteiger partial charge in [-0.25, -0.2) is 4.79 Å². The molecule has 0 heterocycles. The summed E-state index contributed by atoms with van der Waals surface area (Å²) in [6.45, 7) is 10.1. The maximum atomic E-state index is 11.7. The van der Waals surface area contributed by atoms with Gasteiger partial charge in [-0.1, -0.05) is 20.4 Å². The van der Waals surface area contributed by atoms with Gasteiger partial charge in [-0.05, 0) is 75.0 Å². The molecule has 0 N–H and O–H groups in total. The number of rotatable bonds is 7. The van der Waals surface area contributed by atoms with Gasteiger partial charge in [0.25, 0.3) is 0 Å². The number of carbonyl (C=O) groups is 1. The van der Waals surface area contributed by atoms with E-state index in [1.165, 1.54) is 38.5 Å². The molecule has 4 fully saturated rings. The van der Waals surface area contributed by atoms with Crippen LogP contribution in [0.5, 0.6) is 0 Å². The lowest BCUT2D eigenvalue weighted by Gasteiger charge is -2.57. The van der Waals surface area contributed by atoms with Crippen molar-refractivity contribution in [2.75, 3.05) is 6.61 Å². The third-order valence-electron chi connectivity index (χ3n) is 6.20. The summed E-state index contributed by atoms with van der Waals surface area (Å²) in [6, 6.07) is 0. The Balaban J connectivity index is 1.51. The third-order valence-corrected chi connectivity index (χ3v) is 6.20. The normalized spacial score (nSPS) is 36.3. The van der Waals surface area contributed by atoms with Crippen LogP contribution >= 0.6 is 0 Å². The minimum Gasteiger partial charge on any atom is -0.432 e. The first-order valence-electron chi connectivity index (χ1n) is 9.35. The molecule has 4 saturated carbocycles. The molecule has 0 aliphatic heterocycles. The quantitative estimate of drug-likeness (QED) is 0.387. The molecule has 4 rings (SSSR count). The monoisotopic (exact) mass is 320 g/mol. The number of hydrogen-bond donors (Lipinski definition) is 0. The van der Waals surface area contributed by atoms with E-state index < -0.39 is 6.29 Å². The fraction of sp³-hybridized carbons (Fsp3) is 0.850. The predicted molar refractivity (Wildman–Crippen MR) is 90.7 cm³/mol. The molecule has 4 aliphatic rings. The van der Waals surface area contributed by atoms with Crippen molar-refractivity contribution in [3.8, 4) is 0 Å². The van der Waals surface area contributed by atoms with Crippen LogP contribution in [-0.4, -0.2) is 18.9 Å². The molecule has 1 unspecified atom stereocenters. The summed E-state index contributed by atoms with van der Waals surface area (Å²) in [4.78, 5) is 11.7. The maximum Gasteiger partial charge on any atom is 0.335 e. The van der Waals surface area contributed by atoms with Gasteiger partial charge < -0.3 is 9.47 Å². The fourth-order valence-electron chi connectivity index (χ4n) is 5.56. The molecule has 1 atom stereocenters. The molecular formula is C20H32O3. The number of hydrogen-bond acceptors (Lipinski definition) is 3. The summed E-state index contributed by atoms with van der Waals surface area (Å²) < 4.78 is 11.4. The van der Waals surface area contributed by atoms with Crippen molar-refractivity contribution in [1.29, 1.82) is 0 Å². The largest absolute Gasteiger partial charge is 0.432 e. The average molecular weight is 320 g/mol. The van der Waals surface area contributed by atoms with Crippen molar-refractivity contribution < 1.29 is 14.3 Å². The Labute approximate surface area is 140 Å². The lowest BCUT2D eigenvalue weighted by Crippen LogP contribution is -2.46. The third kappa shape index (κ3) is 3.81. The molecule has 0 spiro atoms. The molecule has 0 aromatic rings. The Hall–Kier alpha value is -0.830. The van der Waals surface area contributed by atoms with Crippen LogP contribution in [0.2, 0.25) is 0 Å². The summed E-state index contributed by atoms with van der Waals surface area (Å²) in [5.41, 5.74) is 0.953. The second-order valence-electron chi connectivity index (χ2n) is 8.84. The van der Waals surface area contributed by atoms with E-state index in [9.17, 15) is 4.79 Å². The first-order chi connectivity index (χ1) is 10.9. The summed E-state index contributed by atoms with van der Waals surface area (Å²) in [5, 5.41) is 0. The SMILES string of the molecule is C=C(C)C(=O)OC(OCCC12CC3CC(CC(C3)C1)C2)C(C)C. The highest BCUT2D eigenvalue weighted by atomic mass is 16.7. The second kappa shape index (κ2) is 6.58. The standard InChI is InChI=1S/C20H32O3/c1-13(2)18(21)23-19(14(3)4)22-6-5-20-10-15-7-16(11-20)9-17(8-15)12-20/h14-17,19H,1,5-12H2,2-4H3. The lowest BCUT2D eigenvalue weighted by molar-refractivity contribution is -0.188. The number of ether oxygens (including phenoxy) is 2. The van der Waals surface area contributed by atoms with Crippen molar-refractivity contribution in [2.45, 2.75) is 72.0 Å². The van der Waals surface area contributed by atoms with Gasteiger partial charge in [-0.2, -0.15) is 0 Å². The first-order valence-corrected chi connectivity index (χ1v) is 9.35. The Morgan fingerprint density at radius 1 is 1.13 bits per heavy atom. The smallest absolute Gasteiger partial charge is 0.335 e. The first kappa shape index (κ1) is 17.0. The van der Waals surface area contributed by atoms with Crippen molar-refractivity contribution in [3.63, 3.8) is 0 Å². The molecule has 23 heavy (non-hydrogen) atoms. The van der Waals surface area contributed by atoms with Crippen LogP contribution in [0.15, 0.2) is 12.2 Å². The van der Waals surface area contributed by atoms with Gasteiger partial charge in [0.05, 0.1) is 6.61 Å². The highest BCUT2D eigenvalue weighted by Gasteiger charge is 2.50. The molecule has 0 aromatic carbocycles. The minimum atomic E-state index is -0.451. The van der Waals surface area contributed by atoms with Crippen LogP contribution in [0.4, 0.5) is 0 Å². The van der Waals surface area contributed by atoms with Gasteiger partial charge in [0, 0.05) is 11.5 Å². The van der Waals surface area contributed by atoms with Crippen molar-refractivity contribution >= 4 is 5.97 Å². The lowest BCUT2D eigenvalue weighted by atomic mass is 9.49. The minimum absolute atomic E-state index is 0.162. The molecule has 3 heteroatoms. The van der Waals surface area contributed by atoms with Crippen molar-refractivity contribution in [1.82, 2.24) is 0 Å². The van der Waals surface area contributed by atoms with E-state index in [1.807, 2.05) is 13.8 Å². The van der Waals surface area contributed by atoms with Gasteiger partial charge in [0.1, 0.15) is 0 Å². The molecule has 3 nitrogen and oxygen atoms in total. The van der Waals surface area contributed by atoms with E-state index in [0.717, 1.165) is 24.2 Å². The van der Waals surface area contributed by atoms with Crippen LogP contribution in [-0.2, 0) is 14.3 Å². The molecule has 4 aliphatic carbocycles. The predicted octanol–water partition coefficient (Wildman–Crippen LogP) is 4.71. The Morgan fingerprint density at radius 3 is 2.09 bits per heavy atom. The van der Waals surface area contributed by atoms with E-state index >= 15 is 0 Å². The summed E-state index contributed by atoms with van der Waals surface area (Å²) in [6.07, 6.45) is 9.32. The molecule has 0 saturated heterocycles. The van der Waals surface area contributed by atoms with E-state index in [0.29, 0.717) is 17.6 Å². The van der Waals surface area contributed by atoms with Crippen LogP contribution in [0.1, 0.15) is 65.7 Å². The summed E-state index contributed by atoms with van der Waals surface area (Å²) in [5.74, 6) is 2.74. The molecule has 4 bridgehead atoms. The van der Waals surface area contributed by atoms with Crippen LogP contribution in [0.3, 0.4) is 0 Å². The van der Waals surface area contributed by atoms with E-state index in [-0.39, 0.29) is 11.9 Å². The highest BCUT2D eigenvalue weighted by Crippen LogP contribution is 2.61. The Kier molecular flexibility index (Phi) is 4.87. The average Bonchev–Trinajstić information content (AvgIpc) is 2.44. The zero-order valence-corrected chi connectivity index (χ0v) is 15.0. The fourth-order valence-corrected chi connectivity index (χ4v) is 5.56. The number of carbonyl (C=O) groups excluding carboxylic acids is 1. The van der Waals surface area contributed by atoms with Gasteiger partial charge in [-0.15, -0.1) is 0 Å². The van der Waals surface area contributed by atoms with Gasteiger partial charge in [0.15, 0.2) is 0 Å². The van der Waals surface area contributed by atoms with Crippen LogP contribution in [0.25, 0.3) is 0 Å². The molecule has 0 aromatic heterocycles. The van der Waals surface area contributed by atoms with E-state index in [2.05, 4.69) is 6.58 Å². The topological polar surface area (TPSA) is 35.5 Å². The summed E-state index contributed by atoms with van der Waals surface area (Å²) >= 11 is 0. The second-order valence-corrected chi connectivity index (χ2v) is 8.84. The van der Waals surface area contributed by atoms with Crippen molar-refractivity contribution in [2.24, 2.45) is 29.1 Å². The van der Waals surface area contributed by atoms with E-state index in [1.54, 1.807) is 6.92 Å².